The third-order valence-corrected chi connectivity index (χ3v) is 5.59. The maximum Gasteiger partial charge on any atom is 0.137 e. The smallest absolute Gasteiger partial charge is 0.137 e. The first-order chi connectivity index (χ1) is 9.81. The summed E-state index contributed by atoms with van der Waals surface area (Å²) in [7, 11) is 0. The van der Waals surface area contributed by atoms with Crippen molar-refractivity contribution in [2.45, 2.75) is 45.2 Å². The Bertz CT molecular complexity index is 603. The fourth-order valence-corrected chi connectivity index (χ4v) is 4.49. The molecule has 106 valence electrons. The van der Waals surface area contributed by atoms with Crippen LogP contribution >= 0.6 is 0 Å². The van der Waals surface area contributed by atoms with E-state index < -0.39 is 0 Å². The molecule has 2 aliphatic rings. The lowest BCUT2D eigenvalue weighted by molar-refractivity contribution is 0.259. The van der Waals surface area contributed by atoms with Crippen molar-refractivity contribution in [2.75, 3.05) is 0 Å². The number of aromatic nitrogens is 2. The van der Waals surface area contributed by atoms with Crippen LogP contribution in [0.4, 0.5) is 0 Å². The largest absolute Gasteiger partial charge is 0.346 e. The Hall–Kier alpha value is -1.35. The number of rotatable bonds is 4. The minimum absolute atomic E-state index is 0.631. The molecule has 2 aromatic rings. The van der Waals surface area contributed by atoms with Gasteiger partial charge >= 0.3 is 0 Å². The molecule has 2 fully saturated rings. The minimum Gasteiger partial charge on any atom is -0.346 e. The van der Waals surface area contributed by atoms with E-state index in [1.807, 2.05) is 12.3 Å². The van der Waals surface area contributed by atoms with Crippen LogP contribution in [0, 0.1) is 17.8 Å². The van der Waals surface area contributed by atoms with Gasteiger partial charge in [-0.3, -0.25) is 0 Å². The molecule has 2 N–H and O–H groups in total. The van der Waals surface area contributed by atoms with E-state index in [0.29, 0.717) is 6.04 Å². The van der Waals surface area contributed by atoms with E-state index in [1.54, 1.807) is 0 Å². The van der Waals surface area contributed by atoms with E-state index in [4.69, 9.17) is 0 Å². The summed E-state index contributed by atoms with van der Waals surface area (Å²) in [5, 5.41) is 5.01. The lowest BCUT2D eigenvalue weighted by atomic mass is 9.84. The number of hydrogen-bond acceptors (Lipinski definition) is 2. The first-order valence-electron chi connectivity index (χ1n) is 7.95. The second-order valence-corrected chi connectivity index (χ2v) is 6.72. The summed E-state index contributed by atoms with van der Waals surface area (Å²) >= 11 is 0. The third-order valence-electron chi connectivity index (χ3n) is 5.59. The zero-order chi connectivity index (χ0) is 13.5. The molecule has 20 heavy (non-hydrogen) atoms. The van der Waals surface area contributed by atoms with Crippen molar-refractivity contribution in [3.05, 3.63) is 30.1 Å². The van der Waals surface area contributed by atoms with Crippen LogP contribution in [0.1, 0.15) is 38.2 Å². The molecule has 0 amide bonds. The molecule has 0 aliphatic heterocycles. The first kappa shape index (κ1) is 12.4. The molecule has 0 radical (unpaired) electrons. The number of H-pyrrole nitrogens is 1. The molecule has 2 aliphatic carbocycles. The zero-order valence-electron chi connectivity index (χ0n) is 12.1. The number of fused-ring (bicyclic) bond motifs is 3. The van der Waals surface area contributed by atoms with Crippen LogP contribution in [0.15, 0.2) is 24.5 Å². The van der Waals surface area contributed by atoms with Crippen molar-refractivity contribution < 1.29 is 0 Å². The summed E-state index contributed by atoms with van der Waals surface area (Å²) in [6.45, 7) is 3.32. The molecule has 0 aromatic carbocycles. The highest BCUT2D eigenvalue weighted by Crippen LogP contribution is 2.49. The van der Waals surface area contributed by atoms with Crippen molar-refractivity contribution in [1.82, 2.24) is 15.3 Å². The van der Waals surface area contributed by atoms with Gasteiger partial charge in [0.1, 0.15) is 5.65 Å². The Morgan fingerprint density at radius 1 is 1.40 bits per heavy atom. The number of aromatic amines is 1. The highest BCUT2D eigenvalue weighted by atomic mass is 14.9. The van der Waals surface area contributed by atoms with Gasteiger partial charge in [0.15, 0.2) is 0 Å². The molecule has 0 saturated heterocycles. The zero-order valence-corrected chi connectivity index (χ0v) is 12.1. The highest BCUT2D eigenvalue weighted by molar-refractivity contribution is 5.79. The number of pyridine rings is 1. The lowest BCUT2D eigenvalue weighted by Crippen LogP contribution is -2.35. The maximum absolute atomic E-state index is 4.35. The van der Waals surface area contributed by atoms with Gasteiger partial charge in [0.2, 0.25) is 0 Å². The van der Waals surface area contributed by atoms with E-state index in [9.17, 15) is 0 Å². The monoisotopic (exact) mass is 269 g/mol. The molecule has 2 saturated carbocycles. The van der Waals surface area contributed by atoms with Gasteiger partial charge in [-0.2, -0.15) is 0 Å². The standard InChI is InChI=1S/C17H23N3/c1-11(16-8-12-4-5-13(16)7-12)19-9-14-10-20-17-15(14)3-2-6-18-17/h2-3,6,10-13,16,19H,4-5,7-9H2,1H3,(H,18,20). The summed E-state index contributed by atoms with van der Waals surface area (Å²) in [5.41, 5.74) is 2.33. The summed E-state index contributed by atoms with van der Waals surface area (Å²) in [4.78, 5) is 7.61. The summed E-state index contributed by atoms with van der Waals surface area (Å²) < 4.78 is 0. The van der Waals surface area contributed by atoms with E-state index in [0.717, 1.165) is 29.9 Å². The average molecular weight is 269 g/mol. The molecule has 2 bridgehead atoms. The number of hydrogen-bond donors (Lipinski definition) is 2. The van der Waals surface area contributed by atoms with Crippen LogP contribution in [0.5, 0.6) is 0 Å². The first-order valence-corrected chi connectivity index (χ1v) is 7.95. The molecule has 2 heterocycles. The van der Waals surface area contributed by atoms with Gasteiger partial charge in [-0.25, -0.2) is 4.98 Å². The normalized spacial score (nSPS) is 30.1. The Balaban J connectivity index is 1.42. The van der Waals surface area contributed by atoms with E-state index in [1.165, 1.54) is 36.6 Å². The van der Waals surface area contributed by atoms with Crippen molar-refractivity contribution in [3.8, 4) is 0 Å². The van der Waals surface area contributed by atoms with Crippen molar-refractivity contribution in [1.29, 1.82) is 0 Å². The van der Waals surface area contributed by atoms with Crippen molar-refractivity contribution >= 4 is 11.0 Å². The summed E-state index contributed by atoms with van der Waals surface area (Å²) in [6.07, 6.45) is 9.84. The third kappa shape index (κ3) is 2.05. The van der Waals surface area contributed by atoms with Crippen LogP contribution in [0.25, 0.3) is 11.0 Å². The van der Waals surface area contributed by atoms with E-state index in [-0.39, 0.29) is 0 Å². The second-order valence-electron chi connectivity index (χ2n) is 6.72. The Morgan fingerprint density at radius 3 is 3.15 bits per heavy atom. The predicted molar refractivity (Wildman–Crippen MR) is 81.3 cm³/mol. The average Bonchev–Trinajstić information content (AvgIpc) is 3.19. The van der Waals surface area contributed by atoms with Crippen LogP contribution in [-0.4, -0.2) is 16.0 Å². The molecular weight excluding hydrogens is 246 g/mol. The molecule has 3 heteroatoms. The van der Waals surface area contributed by atoms with E-state index in [2.05, 4.69) is 34.5 Å². The molecular formula is C17H23N3. The van der Waals surface area contributed by atoms with E-state index >= 15 is 0 Å². The fraction of sp³-hybridized carbons (Fsp3) is 0.588. The fourth-order valence-electron chi connectivity index (χ4n) is 4.49. The maximum atomic E-state index is 4.35. The Morgan fingerprint density at radius 2 is 2.35 bits per heavy atom. The second kappa shape index (κ2) is 4.88. The van der Waals surface area contributed by atoms with Gasteiger partial charge in [0.05, 0.1) is 0 Å². The van der Waals surface area contributed by atoms with Crippen molar-refractivity contribution in [3.63, 3.8) is 0 Å². The van der Waals surface area contributed by atoms with Gasteiger partial charge in [0.25, 0.3) is 0 Å². The number of nitrogens with one attached hydrogen (secondary N) is 2. The highest BCUT2D eigenvalue weighted by Gasteiger charge is 2.41. The van der Waals surface area contributed by atoms with Crippen LogP contribution in [0.3, 0.4) is 0 Å². The topological polar surface area (TPSA) is 40.7 Å². The molecule has 4 unspecified atom stereocenters. The van der Waals surface area contributed by atoms with Crippen LogP contribution in [-0.2, 0) is 6.54 Å². The molecule has 2 aromatic heterocycles. The minimum atomic E-state index is 0.631. The molecule has 0 spiro atoms. The molecule has 4 atom stereocenters. The van der Waals surface area contributed by atoms with Gasteiger partial charge in [-0.05, 0) is 61.6 Å². The summed E-state index contributed by atoms with van der Waals surface area (Å²) in [5.74, 6) is 2.93. The van der Waals surface area contributed by atoms with Crippen LogP contribution < -0.4 is 5.32 Å². The molecule has 3 nitrogen and oxygen atoms in total. The predicted octanol–water partition coefficient (Wildman–Crippen LogP) is 3.48. The Labute approximate surface area is 120 Å². The lowest BCUT2D eigenvalue weighted by Gasteiger charge is -2.28. The molecule has 4 rings (SSSR count). The summed E-state index contributed by atoms with van der Waals surface area (Å²) in [6, 6.07) is 4.80. The van der Waals surface area contributed by atoms with Gasteiger partial charge in [-0.1, -0.05) is 6.42 Å². The van der Waals surface area contributed by atoms with Gasteiger partial charge in [0, 0.05) is 30.4 Å². The SMILES string of the molecule is CC(NCc1c[nH]c2ncccc12)C1CC2CCC1C2. The quantitative estimate of drug-likeness (QED) is 0.892. The van der Waals surface area contributed by atoms with Gasteiger partial charge < -0.3 is 10.3 Å². The number of nitrogens with zero attached hydrogens (tertiary/aromatic N) is 1. The van der Waals surface area contributed by atoms with Crippen LogP contribution in [0.2, 0.25) is 0 Å². The Kier molecular flexibility index (Phi) is 3.03. The van der Waals surface area contributed by atoms with Gasteiger partial charge in [-0.15, -0.1) is 0 Å². The van der Waals surface area contributed by atoms with Crippen molar-refractivity contribution in [2.24, 2.45) is 17.8 Å².